The first-order chi connectivity index (χ1) is 6.83. The van der Waals surface area contributed by atoms with E-state index >= 15 is 0 Å². The quantitative estimate of drug-likeness (QED) is 0.879. The Morgan fingerprint density at radius 1 is 1.47 bits per heavy atom. The molecule has 1 N–H and O–H groups in total. The van der Waals surface area contributed by atoms with Crippen LogP contribution in [0.15, 0.2) is 18.2 Å². The molecule has 15 heavy (non-hydrogen) atoms. The van der Waals surface area contributed by atoms with E-state index in [1.807, 2.05) is 0 Å². The summed E-state index contributed by atoms with van der Waals surface area (Å²) in [4.78, 5) is 10.1. The maximum atomic E-state index is 13.1. The van der Waals surface area contributed by atoms with E-state index in [2.05, 4.69) is 0 Å². The largest absolute Gasteiger partial charge is 0.481 e. The lowest BCUT2D eigenvalue weighted by atomic mass is 10.1. The zero-order chi connectivity index (χ0) is 11.6. The Morgan fingerprint density at radius 2 is 2.07 bits per heavy atom. The number of alkyl halides is 2. The molecule has 0 aliphatic rings. The van der Waals surface area contributed by atoms with Gasteiger partial charge in [0.25, 0.3) is 5.92 Å². The number of carboxylic acids is 1. The molecule has 1 rings (SSSR count). The molecule has 2 nitrogen and oxygen atoms in total. The lowest BCUT2D eigenvalue weighted by molar-refractivity contribution is -0.145. The number of carboxylic acid groups (broad SMARTS) is 1. The summed E-state index contributed by atoms with van der Waals surface area (Å²) in [6.07, 6.45) is -1.45. The molecule has 0 fully saturated rings. The topological polar surface area (TPSA) is 37.3 Å². The average Bonchev–Trinajstić information content (AvgIpc) is 1.99. The van der Waals surface area contributed by atoms with Crippen molar-refractivity contribution < 1.29 is 23.1 Å². The summed E-state index contributed by atoms with van der Waals surface area (Å²) in [7, 11) is 0. The summed E-state index contributed by atoms with van der Waals surface area (Å²) in [6.45, 7) is 0. The molecule has 1 aromatic carbocycles. The van der Waals surface area contributed by atoms with Gasteiger partial charge in [-0.1, -0.05) is 11.6 Å². The fraction of sp³-hybridized carbons (Fsp3) is 0.222. The van der Waals surface area contributed by atoms with Gasteiger partial charge in [0.1, 0.15) is 12.2 Å². The van der Waals surface area contributed by atoms with Gasteiger partial charge in [-0.15, -0.1) is 0 Å². The van der Waals surface area contributed by atoms with E-state index in [1.54, 1.807) is 0 Å². The second-order valence-electron chi connectivity index (χ2n) is 2.90. The van der Waals surface area contributed by atoms with E-state index in [1.165, 1.54) is 0 Å². The Labute approximate surface area is 88.3 Å². The van der Waals surface area contributed by atoms with Crippen LogP contribution in [0, 0.1) is 5.82 Å². The highest BCUT2D eigenvalue weighted by atomic mass is 35.5. The molecule has 0 bridgehead atoms. The van der Waals surface area contributed by atoms with E-state index in [9.17, 15) is 18.0 Å². The fourth-order valence-corrected chi connectivity index (χ4v) is 1.23. The van der Waals surface area contributed by atoms with Crippen molar-refractivity contribution >= 4 is 17.6 Å². The molecule has 0 unspecified atom stereocenters. The van der Waals surface area contributed by atoms with Crippen LogP contribution in [0.1, 0.15) is 12.0 Å². The third-order valence-electron chi connectivity index (χ3n) is 1.70. The normalized spacial score (nSPS) is 11.5. The van der Waals surface area contributed by atoms with Crippen molar-refractivity contribution in [2.45, 2.75) is 12.3 Å². The third-order valence-corrected chi connectivity index (χ3v) is 1.93. The lowest BCUT2D eigenvalue weighted by Crippen LogP contribution is -2.19. The molecule has 0 aromatic heterocycles. The molecular weight excluding hydrogens is 233 g/mol. The minimum atomic E-state index is -3.74. The van der Waals surface area contributed by atoms with Crippen molar-refractivity contribution in [3.63, 3.8) is 0 Å². The maximum Gasteiger partial charge on any atom is 0.309 e. The highest BCUT2D eigenvalue weighted by molar-refractivity contribution is 6.30. The molecule has 0 radical (unpaired) electrons. The average molecular weight is 239 g/mol. The van der Waals surface area contributed by atoms with Crippen LogP contribution in [0.4, 0.5) is 13.2 Å². The Hall–Kier alpha value is -1.23. The van der Waals surface area contributed by atoms with Crippen molar-refractivity contribution in [3.05, 3.63) is 34.6 Å². The Balaban J connectivity index is 3.09. The summed E-state index contributed by atoms with van der Waals surface area (Å²) in [5.74, 6) is -6.65. The van der Waals surface area contributed by atoms with E-state index in [-0.39, 0.29) is 5.02 Å². The van der Waals surface area contributed by atoms with Crippen LogP contribution in [-0.2, 0) is 10.7 Å². The van der Waals surface area contributed by atoms with Crippen LogP contribution >= 0.6 is 11.6 Å². The maximum absolute atomic E-state index is 13.1. The zero-order valence-electron chi connectivity index (χ0n) is 7.31. The Bertz CT molecular complexity index is 393. The fourth-order valence-electron chi connectivity index (χ4n) is 1.07. The van der Waals surface area contributed by atoms with E-state index in [4.69, 9.17) is 16.7 Å². The van der Waals surface area contributed by atoms with Crippen molar-refractivity contribution in [2.75, 3.05) is 0 Å². The van der Waals surface area contributed by atoms with Gasteiger partial charge < -0.3 is 5.11 Å². The van der Waals surface area contributed by atoms with Crippen LogP contribution in [0.25, 0.3) is 0 Å². The highest BCUT2D eigenvalue weighted by Crippen LogP contribution is 2.34. The zero-order valence-corrected chi connectivity index (χ0v) is 8.06. The molecule has 0 atom stereocenters. The standard InChI is InChI=1S/C9H6ClF3O2/c10-5-1-2-6(7(11)3-5)9(12,13)4-8(14)15/h1-3H,4H2,(H,14,15). The van der Waals surface area contributed by atoms with Gasteiger partial charge in [-0.2, -0.15) is 0 Å². The number of aliphatic carboxylic acids is 1. The molecule has 82 valence electrons. The lowest BCUT2D eigenvalue weighted by Gasteiger charge is -2.14. The van der Waals surface area contributed by atoms with Crippen molar-refractivity contribution in [1.29, 1.82) is 0 Å². The van der Waals surface area contributed by atoms with Gasteiger partial charge in [-0.25, -0.2) is 13.2 Å². The summed E-state index contributed by atoms with van der Waals surface area (Å²) in [5, 5.41) is 8.20. The number of hydrogen-bond donors (Lipinski definition) is 1. The van der Waals surface area contributed by atoms with Crippen molar-refractivity contribution in [3.8, 4) is 0 Å². The molecule has 0 heterocycles. The number of rotatable bonds is 3. The first kappa shape index (κ1) is 11.8. The minimum Gasteiger partial charge on any atom is -0.481 e. The first-order valence-corrected chi connectivity index (χ1v) is 4.26. The Morgan fingerprint density at radius 3 is 2.53 bits per heavy atom. The van der Waals surface area contributed by atoms with E-state index in [0.29, 0.717) is 6.07 Å². The molecule has 0 amide bonds. The van der Waals surface area contributed by atoms with Crippen LogP contribution in [0.3, 0.4) is 0 Å². The van der Waals surface area contributed by atoms with Crippen molar-refractivity contribution in [2.24, 2.45) is 0 Å². The van der Waals surface area contributed by atoms with Crippen LogP contribution in [0.5, 0.6) is 0 Å². The van der Waals surface area contributed by atoms with Crippen LogP contribution in [-0.4, -0.2) is 11.1 Å². The summed E-state index contributed by atoms with van der Waals surface area (Å²) in [5.41, 5.74) is -0.964. The predicted molar refractivity (Wildman–Crippen MR) is 47.6 cm³/mol. The highest BCUT2D eigenvalue weighted by Gasteiger charge is 2.37. The smallest absolute Gasteiger partial charge is 0.309 e. The molecule has 1 aromatic rings. The van der Waals surface area contributed by atoms with E-state index < -0.39 is 29.7 Å². The first-order valence-electron chi connectivity index (χ1n) is 3.88. The van der Waals surface area contributed by atoms with Gasteiger partial charge in [0.05, 0.1) is 5.56 Å². The molecule has 0 saturated carbocycles. The molecular formula is C9H6ClF3O2. The summed E-state index contributed by atoms with van der Waals surface area (Å²) < 4.78 is 39.3. The monoisotopic (exact) mass is 238 g/mol. The number of benzene rings is 1. The summed E-state index contributed by atoms with van der Waals surface area (Å²) in [6, 6.07) is 2.57. The second kappa shape index (κ2) is 4.10. The number of hydrogen-bond acceptors (Lipinski definition) is 1. The van der Waals surface area contributed by atoms with E-state index in [0.717, 1.165) is 12.1 Å². The van der Waals surface area contributed by atoms with Crippen molar-refractivity contribution in [1.82, 2.24) is 0 Å². The third kappa shape index (κ3) is 2.86. The summed E-state index contributed by atoms with van der Waals surface area (Å²) >= 11 is 5.37. The predicted octanol–water partition coefficient (Wildman–Crippen LogP) is 3.05. The van der Waals surface area contributed by atoms with Gasteiger partial charge >= 0.3 is 5.97 Å². The van der Waals surface area contributed by atoms with Gasteiger partial charge in [-0.3, -0.25) is 4.79 Å². The number of halogens is 4. The molecule has 0 aliphatic heterocycles. The number of carbonyl (C=O) groups is 1. The SMILES string of the molecule is O=C(O)CC(F)(F)c1ccc(Cl)cc1F. The molecule has 0 spiro atoms. The molecule has 0 aliphatic carbocycles. The van der Waals surface area contributed by atoms with Gasteiger partial charge in [-0.05, 0) is 18.2 Å². The minimum absolute atomic E-state index is 0.0256. The van der Waals surface area contributed by atoms with Crippen LogP contribution < -0.4 is 0 Å². The van der Waals surface area contributed by atoms with Crippen LogP contribution in [0.2, 0.25) is 5.02 Å². The second-order valence-corrected chi connectivity index (χ2v) is 3.34. The Kier molecular flexibility index (Phi) is 3.24. The van der Waals surface area contributed by atoms with Gasteiger partial charge in [0.15, 0.2) is 0 Å². The van der Waals surface area contributed by atoms with Gasteiger partial charge in [0, 0.05) is 5.02 Å². The van der Waals surface area contributed by atoms with Gasteiger partial charge in [0.2, 0.25) is 0 Å². The molecule has 0 saturated heterocycles. The molecule has 6 heteroatoms.